The first-order chi connectivity index (χ1) is 10.9. The summed E-state index contributed by atoms with van der Waals surface area (Å²) in [4.78, 5) is 5.15. The van der Waals surface area contributed by atoms with Crippen LogP contribution in [0.4, 0.5) is 0 Å². The maximum absolute atomic E-state index is 2.57. The summed E-state index contributed by atoms with van der Waals surface area (Å²) in [6.45, 7) is 4.87. The number of hydrogen-bond acceptors (Lipinski definition) is 3. The molecule has 0 radical (unpaired) electrons. The van der Waals surface area contributed by atoms with Gasteiger partial charge in [-0.05, 0) is 47.6 Å². The second-order valence-electron chi connectivity index (χ2n) is 6.48. The van der Waals surface area contributed by atoms with E-state index in [0.717, 1.165) is 6.42 Å². The zero-order valence-corrected chi connectivity index (χ0v) is 13.9. The molecule has 3 heteroatoms. The van der Waals surface area contributed by atoms with Gasteiger partial charge in [0.15, 0.2) is 0 Å². The number of allylic oxidation sites excluding steroid dienone is 6. The summed E-state index contributed by atoms with van der Waals surface area (Å²) < 4.78 is 0. The first-order valence-corrected chi connectivity index (χ1v) is 9.49. The Morgan fingerprint density at radius 3 is 1.59 bits per heavy atom. The van der Waals surface area contributed by atoms with E-state index in [2.05, 4.69) is 44.9 Å². The van der Waals surface area contributed by atoms with Crippen molar-refractivity contribution >= 4 is 11.8 Å². The van der Waals surface area contributed by atoms with Gasteiger partial charge in [-0.25, -0.2) is 0 Å². The van der Waals surface area contributed by atoms with Crippen LogP contribution in [0.1, 0.15) is 32.1 Å². The van der Waals surface area contributed by atoms with Gasteiger partial charge in [0.05, 0.1) is 0 Å². The molecule has 0 atom stereocenters. The minimum absolute atomic E-state index is 1.07. The summed E-state index contributed by atoms with van der Waals surface area (Å²) in [5, 5.41) is 4.76. The molecule has 3 aliphatic heterocycles. The Hall–Kier alpha value is -1.35. The Bertz CT molecular complexity index is 533. The molecule has 0 spiro atoms. The van der Waals surface area contributed by atoms with E-state index in [-0.39, 0.29) is 0 Å². The van der Waals surface area contributed by atoms with Crippen LogP contribution in [-0.2, 0) is 0 Å². The maximum atomic E-state index is 2.57. The average Bonchev–Trinajstić information content (AvgIpc) is 3.16. The molecule has 0 aromatic heterocycles. The lowest BCUT2D eigenvalue weighted by atomic mass is 10.00. The Labute approximate surface area is 137 Å². The molecule has 0 amide bonds. The lowest BCUT2D eigenvalue weighted by molar-refractivity contribution is 0.425. The fourth-order valence-electron chi connectivity index (χ4n) is 3.80. The van der Waals surface area contributed by atoms with Crippen molar-refractivity contribution in [3.63, 3.8) is 0 Å². The molecule has 0 saturated carbocycles. The molecule has 0 unspecified atom stereocenters. The zero-order valence-electron chi connectivity index (χ0n) is 13.1. The lowest BCUT2D eigenvalue weighted by Crippen LogP contribution is -2.23. The van der Waals surface area contributed by atoms with Gasteiger partial charge in [-0.1, -0.05) is 24.3 Å². The molecule has 1 aliphatic carbocycles. The monoisotopic (exact) mass is 312 g/mol. The van der Waals surface area contributed by atoms with Gasteiger partial charge in [0.2, 0.25) is 0 Å². The zero-order chi connectivity index (χ0) is 14.8. The molecule has 4 rings (SSSR count). The number of hydrogen-bond donors (Lipinski definition) is 0. The van der Waals surface area contributed by atoms with Crippen LogP contribution in [0.25, 0.3) is 0 Å². The van der Waals surface area contributed by atoms with Gasteiger partial charge >= 0.3 is 0 Å². The Balaban J connectivity index is 1.69. The van der Waals surface area contributed by atoms with Crippen molar-refractivity contribution in [2.24, 2.45) is 0 Å². The first-order valence-electron chi connectivity index (χ1n) is 8.55. The van der Waals surface area contributed by atoms with Crippen molar-refractivity contribution in [1.29, 1.82) is 0 Å². The summed E-state index contributed by atoms with van der Waals surface area (Å²) in [6.07, 6.45) is 15.5. The first kappa shape index (κ1) is 14.3. The minimum atomic E-state index is 1.07. The summed E-state index contributed by atoms with van der Waals surface area (Å²) in [5.74, 6) is 0. The van der Waals surface area contributed by atoms with Crippen LogP contribution in [0.5, 0.6) is 0 Å². The fourth-order valence-corrected chi connectivity index (χ4v) is 4.73. The molecule has 2 bridgehead atoms. The van der Waals surface area contributed by atoms with Crippen LogP contribution in [0, 0.1) is 0 Å². The van der Waals surface area contributed by atoms with Gasteiger partial charge < -0.3 is 9.80 Å². The summed E-state index contributed by atoms with van der Waals surface area (Å²) >= 11 is 1.87. The third-order valence-corrected chi connectivity index (χ3v) is 5.72. The highest BCUT2D eigenvalue weighted by Gasteiger charge is 2.24. The summed E-state index contributed by atoms with van der Waals surface area (Å²) in [5.41, 5.74) is 5.88. The van der Waals surface area contributed by atoms with Gasteiger partial charge in [-0.2, -0.15) is 0 Å². The summed E-state index contributed by atoms with van der Waals surface area (Å²) in [7, 11) is 0. The van der Waals surface area contributed by atoms with Crippen LogP contribution in [-0.4, -0.2) is 36.0 Å². The van der Waals surface area contributed by atoms with Gasteiger partial charge in [0, 0.05) is 44.0 Å². The third-order valence-electron chi connectivity index (χ3n) is 5.00. The molecule has 2 nitrogen and oxygen atoms in total. The number of likely N-dealkylation sites (tertiary alicyclic amines) is 2. The predicted molar refractivity (Wildman–Crippen MR) is 95.3 cm³/mol. The maximum Gasteiger partial charge on any atom is 0.0469 e. The number of thioether (sulfide) groups is 1. The van der Waals surface area contributed by atoms with E-state index in [9.17, 15) is 0 Å². The van der Waals surface area contributed by atoms with Crippen LogP contribution in [0.15, 0.2) is 57.7 Å². The van der Waals surface area contributed by atoms with Crippen LogP contribution < -0.4 is 0 Å². The number of fused-ring (bicyclic) bond motifs is 2. The molecule has 0 aromatic carbocycles. The van der Waals surface area contributed by atoms with E-state index in [4.69, 9.17) is 0 Å². The Morgan fingerprint density at radius 1 is 0.682 bits per heavy atom. The van der Waals surface area contributed by atoms with Crippen molar-refractivity contribution in [2.45, 2.75) is 32.1 Å². The van der Waals surface area contributed by atoms with E-state index >= 15 is 0 Å². The van der Waals surface area contributed by atoms with E-state index in [1.54, 1.807) is 0 Å². The fraction of sp³-hybridized carbons (Fsp3) is 0.474. The molecule has 4 aliphatic rings. The number of rotatable bonds is 2. The molecule has 0 aromatic rings. The van der Waals surface area contributed by atoms with Crippen molar-refractivity contribution < 1.29 is 0 Å². The molecular formula is C19H24N2S. The summed E-state index contributed by atoms with van der Waals surface area (Å²) in [6, 6.07) is 0. The van der Waals surface area contributed by atoms with E-state index in [1.165, 1.54) is 74.4 Å². The SMILES string of the molecule is C1=CC=C2CC(=C1)/C(N1CCCC1)=C\S/C=C\2N1CCCC1. The van der Waals surface area contributed by atoms with Gasteiger partial charge in [0.1, 0.15) is 0 Å². The topological polar surface area (TPSA) is 6.48 Å². The normalized spacial score (nSPS) is 29.8. The van der Waals surface area contributed by atoms with Crippen LogP contribution >= 0.6 is 11.8 Å². The largest absolute Gasteiger partial charge is 0.371 e. The Morgan fingerprint density at radius 2 is 1.14 bits per heavy atom. The van der Waals surface area contributed by atoms with E-state index in [1.807, 2.05) is 11.8 Å². The molecule has 2 fully saturated rings. The van der Waals surface area contributed by atoms with Crippen molar-refractivity contribution in [1.82, 2.24) is 9.80 Å². The van der Waals surface area contributed by atoms with Gasteiger partial charge in [0.25, 0.3) is 0 Å². The highest BCUT2D eigenvalue weighted by atomic mass is 32.2. The third kappa shape index (κ3) is 2.79. The van der Waals surface area contributed by atoms with E-state index in [0.29, 0.717) is 0 Å². The highest BCUT2D eigenvalue weighted by molar-refractivity contribution is 8.04. The van der Waals surface area contributed by atoms with E-state index < -0.39 is 0 Å². The van der Waals surface area contributed by atoms with Crippen molar-refractivity contribution in [3.05, 3.63) is 57.7 Å². The average molecular weight is 312 g/mol. The molecule has 116 valence electrons. The molecule has 3 heterocycles. The predicted octanol–water partition coefficient (Wildman–Crippen LogP) is 4.42. The van der Waals surface area contributed by atoms with Crippen LogP contribution in [0.3, 0.4) is 0 Å². The molecule has 0 N–H and O–H groups in total. The lowest BCUT2D eigenvalue weighted by Gasteiger charge is -2.29. The quantitative estimate of drug-likeness (QED) is 0.745. The second kappa shape index (κ2) is 6.41. The standard InChI is InChI=1S/C19H24N2S/c1-2-8-17-13-16(7-1)18(20-9-3-4-10-20)14-22-15-19(17)21-11-5-6-12-21/h1-2,7-8,14-15H,3-6,9-13H2/b18-14+,19-15+. The molecular weight excluding hydrogens is 288 g/mol. The molecule has 22 heavy (non-hydrogen) atoms. The number of nitrogens with zero attached hydrogens (tertiary/aromatic N) is 2. The minimum Gasteiger partial charge on any atom is -0.371 e. The van der Waals surface area contributed by atoms with Crippen molar-refractivity contribution in [2.75, 3.05) is 26.2 Å². The molecule has 2 saturated heterocycles. The Kier molecular flexibility index (Phi) is 4.15. The smallest absolute Gasteiger partial charge is 0.0469 e. The van der Waals surface area contributed by atoms with Crippen molar-refractivity contribution in [3.8, 4) is 0 Å². The van der Waals surface area contributed by atoms with Crippen LogP contribution in [0.2, 0.25) is 0 Å². The second-order valence-corrected chi connectivity index (χ2v) is 7.22. The van der Waals surface area contributed by atoms with Gasteiger partial charge in [-0.3, -0.25) is 0 Å². The van der Waals surface area contributed by atoms with Gasteiger partial charge in [-0.15, -0.1) is 11.8 Å². The highest BCUT2D eigenvalue weighted by Crippen LogP contribution is 2.36.